The Kier molecular flexibility index (Phi) is 7.18. The number of aromatic nitrogens is 3. The van der Waals surface area contributed by atoms with E-state index in [9.17, 15) is 4.39 Å². The molecule has 0 fully saturated rings. The zero-order chi connectivity index (χ0) is 18.1. The second-order valence-electron chi connectivity index (χ2n) is 5.56. The molecular weight excluding hydrogens is 323 g/mol. The van der Waals surface area contributed by atoms with Gasteiger partial charge in [-0.1, -0.05) is 13.0 Å². The van der Waals surface area contributed by atoms with Crippen LogP contribution in [-0.4, -0.2) is 47.0 Å². The molecular formula is C17H25FN6O. The van der Waals surface area contributed by atoms with Crippen LogP contribution in [0.2, 0.25) is 0 Å². The summed E-state index contributed by atoms with van der Waals surface area (Å²) in [6.45, 7) is 5.96. The fourth-order valence-corrected chi connectivity index (χ4v) is 2.31. The molecule has 0 aliphatic rings. The lowest BCUT2D eigenvalue weighted by Gasteiger charge is -2.18. The van der Waals surface area contributed by atoms with Crippen molar-refractivity contribution in [3.63, 3.8) is 0 Å². The first-order valence-electron chi connectivity index (χ1n) is 8.35. The minimum atomic E-state index is -0.310. The smallest absolute Gasteiger partial charge is 0.191 e. The molecule has 0 aliphatic heterocycles. The highest BCUT2D eigenvalue weighted by Crippen LogP contribution is 2.13. The number of aryl methyl sites for hydroxylation is 1. The van der Waals surface area contributed by atoms with Crippen molar-refractivity contribution in [3.8, 4) is 5.75 Å². The molecule has 0 amide bonds. The third-order valence-electron chi connectivity index (χ3n) is 3.57. The Hall–Kier alpha value is -2.64. The summed E-state index contributed by atoms with van der Waals surface area (Å²) in [5, 5.41) is 14.4. The lowest BCUT2D eigenvalue weighted by atomic mass is 10.3. The van der Waals surface area contributed by atoms with Crippen LogP contribution < -0.4 is 15.4 Å². The number of aliphatic imine (C=N–C) groups is 1. The van der Waals surface area contributed by atoms with Gasteiger partial charge < -0.3 is 19.9 Å². The molecule has 0 aliphatic carbocycles. The van der Waals surface area contributed by atoms with E-state index < -0.39 is 0 Å². The van der Waals surface area contributed by atoms with Gasteiger partial charge in [-0.15, -0.1) is 10.2 Å². The van der Waals surface area contributed by atoms with Gasteiger partial charge in [0.25, 0.3) is 0 Å². The highest BCUT2D eigenvalue weighted by atomic mass is 19.1. The predicted molar refractivity (Wildman–Crippen MR) is 95.3 cm³/mol. The van der Waals surface area contributed by atoms with Crippen molar-refractivity contribution in [2.24, 2.45) is 4.99 Å². The van der Waals surface area contributed by atoms with Crippen molar-refractivity contribution < 1.29 is 9.13 Å². The number of halogens is 1. The summed E-state index contributed by atoms with van der Waals surface area (Å²) in [4.78, 5) is 4.18. The van der Waals surface area contributed by atoms with Gasteiger partial charge in [0.05, 0.1) is 6.54 Å². The van der Waals surface area contributed by atoms with Crippen LogP contribution in [0.5, 0.6) is 5.75 Å². The van der Waals surface area contributed by atoms with E-state index in [1.165, 1.54) is 12.1 Å². The van der Waals surface area contributed by atoms with Crippen LogP contribution in [0.3, 0.4) is 0 Å². The second-order valence-corrected chi connectivity index (χ2v) is 5.56. The number of nitrogens with one attached hydrogen (secondary N) is 2. The number of hydrogen-bond donors (Lipinski definition) is 2. The van der Waals surface area contributed by atoms with Crippen molar-refractivity contribution in [3.05, 3.63) is 42.2 Å². The molecule has 8 heteroatoms. The third-order valence-corrected chi connectivity index (χ3v) is 3.57. The Labute approximate surface area is 147 Å². The summed E-state index contributed by atoms with van der Waals surface area (Å²) in [7, 11) is 1.71. The van der Waals surface area contributed by atoms with Crippen LogP contribution in [0.4, 0.5) is 4.39 Å². The van der Waals surface area contributed by atoms with Gasteiger partial charge in [-0.25, -0.2) is 4.39 Å². The van der Waals surface area contributed by atoms with Crippen LogP contribution >= 0.6 is 0 Å². The fourth-order valence-electron chi connectivity index (χ4n) is 2.31. The van der Waals surface area contributed by atoms with Crippen LogP contribution in [0.25, 0.3) is 0 Å². The highest BCUT2D eigenvalue weighted by molar-refractivity contribution is 5.79. The van der Waals surface area contributed by atoms with Gasteiger partial charge in [0, 0.05) is 32.6 Å². The molecule has 1 aromatic heterocycles. The third kappa shape index (κ3) is 6.06. The molecule has 0 saturated carbocycles. The van der Waals surface area contributed by atoms with E-state index >= 15 is 0 Å². The average molecular weight is 348 g/mol. The number of hydrogen-bond acceptors (Lipinski definition) is 4. The van der Waals surface area contributed by atoms with E-state index in [-0.39, 0.29) is 11.9 Å². The maximum absolute atomic E-state index is 13.2. The molecule has 1 aromatic carbocycles. The van der Waals surface area contributed by atoms with Crippen molar-refractivity contribution in [1.82, 2.24) is 25.4 Å². The first-order valence-corrected chi connectivity index (χ1v) is 8.35. The Bertz CT molecular complexity index is 687. The molecule has 1 atom stereocenters. The molecule has 1 unspecified atom stereocenters. The maximum atomic E-state index is 13.2. The van der Waals surface area contributed by atoms with Gasteiger partial charge in [0.2, 0.25) is 0 Å². The Morgan fingerprint density at radius 1 is 1.40 bits per heavy atom. The topological polar surface area (TPSA) is 76.4 Å². The van der Waals surface area contributed by atoms with Gasteiger partial charge >= 0.3 is 0 Å². The number of nitrogens with zero attached hydrogens (tertiary/aromatic N) is 4. The van der Waals surface area contributed by atoms with Crippen molar-refractivity contribution in [2.45, 2.75) is 32.9 Å². The van der Waals surface area contributed by atoms with E-state index in [0.29, 0.717) is 24.8 Å². The SMILES string of the molecule is CCc1nncn1CCNC(=NC)NCC(C)Oc1cccc(F)c1. The second kappa shape index (κ2) is 9.61. The van der Waals surface area contributed by atoms with Crippen LogP contribution in [0.1, 0.15) is 19.7 Å². The average Bonchev–Trinajstić information content (AvgIpc) is 3.05. The summed E-state index contributed by atoms with van der Waals surface area (Å²) in [5.41, 5.74) is 0. The molecule has 0 bridgehead atoms. The molecule has 25 heavy (non-hydrogen) atoms. The lowest BCUT2D eigenvalue weighted by molar-refractivity contribution is 0.223. The Morgan fingerprint density at radius 3 is 2.96 bits per heavy atom. The van der Waals surface area contributed by atoms with E-state index in [4.69, 9.17) is 4.74 Å². The molecule has 0 radical (unpaired) electrons. The quantitative estimate of drug-likeness (QED) is 0.560. The molecule has 2 aromatic rings. The monoisotopic (exact) mass is 348 g/mol. The molecule has 2 rings (SSSR count). The van der Waals surface area contributed by atoms with Gasteiger partial charge in [-0.2, -0.15) is 0 Å². The highest BCUT2D eigenvalue weighted by Gasteiger charge is 2.07. The zero-order valence-corrected chi connectivity index (χ0v) is 14.9. The maximum Gasteiger partial charge on any atom is 0.191 e. The van der Waals surface area contributed by atoms with Crippen molar-refractivity contribution in [1.29, 1.82) is 0 Å². The number of rotatable bonds is 8. The normalized spacial score (nSPS) is 12.7. The molecule has 2 N–H and O–H groups in total. The number of benzene rings is 1. The summed E-state index contributed by atoms with van der Waals surface area (Å²) in [5.74, 6) is 1.84. The first kappa shape index (κ1) is 18.7. The van der Waals surface area contributed by atoms with Crippen LogP contribution in [-0.2, 0) is 13.0 Å². The van der Waals surface area contributed by atoms with E-state index in [1.807, 2.05) is 11.5 Å². The molecule has 7 nitrogen and oxygen atoms in total. The molecule has 1 heterocycles. The van der Waals surface area contributed by atoms with E-state index in [1.54, 1.807) is 25.5 Å². The van der Waals surface area contributed by atoms with Gasteiger partial charge in [-0.05, 0) is 19.1 Å². The van der Waals surface area contributed by atoms with Gasteiger partial charge in [-0.3, -0.25) is 4.99 Å². The van der Waals surface area contributed by atoms with E-state index in [0.717, 1.165) is 18.8 Å². The summed E-state index contributed by atoms with van der Waals surface area (Å²) in [6, 6.07) is 6.12. The standard InChI is InChI=1S/C17H25FN6O/c1-4-16-23-22-12-24(16)9-8-20-17(19-3)21-11-13(2)25-15-7-5-6-14(18)10-15/h5-7,10,12-13H,4,8-9,11H2,1-3H3,(H2,19,20,21). The van der Waals surface area contributed by atoms with Crippen LogP contribution in [0.15, 0.2) is 35.6 Å². The molecule has 0 spiro atoms. The van der Waals surface area contributed by atoms with E-state index in [2.05, 4.69) is 32.7 Å². The Morgan fingerprint density at radius 2 is 2.24 bits per heavy atom. The first-order chi connectivity index (χ1) is 12.1. The number of ether oxygens (including phenoxy) is 1. The molecule has 136 valence electrons. The lowest BCUT2D eigenvalue weighted by Crippen LogP contribution is -2.42. The minimum Gasteiger partial charge on any atom is -0.489 e. The number of guanidine groups is 1. The summed E-state index contributed by atoms with van der Waals surface area (Å²) < 4.78 is 20.8. The Balaban J connectivity index is 1.72. The van der Waals surface area contributed by atoms with Gasteiger partial charge in [0.1, 0.15) is 29.8 Å². The largest absolute Gasteiger partial charge is 0.489 e. The summed E-state index contributed by atoms with van der Waals surface area (Å²) in [6.07, 6.45) is 2.44. The fraction of sp³-hybridized carbons (Fsp3) is 0.471. The van der Waals surface area contributed by atoms with Gasteiger partial charge in [0.15, 0.2) is 5.96 Å². The summed E-state index contributed by atoms with van der Waals surface area (Å²) >= 11 is 0. The zero-order valence-electron chi connectivity index (χ0n) is 14.9. The van der Waals surface area contributed by atoms with Crippen LogP contribution in [0, 0.1) is 5.82 Å². The van der Waals surface area contributed by atoms with Crippen molar-refractivity contribution in [2.75, 3.05) is 20.1 Å². The predicted octanol–water partition coefficient (Wildman–Crippen LogP) is 1.61. The minimum absolute atomic E-state index is 0.134. The molecule has 0 saturated heterocycles. The van der Waals surface area contributed by atoms with Crippen molar-refractivity contribution >= 4 is 5.96 Å².